The van der Waals surface area contributed by atoms with Crippen molar-refractivity contribution >= 4 is 21.7 Å². The first kappa shape index (κ1) is 18.4. The van der Waals surface area contributed by atoms with Crippen LogP contribution in [0.5, 0.6) is 0 Å². The van der Waals surface area contributed by atoms with E-state index in [0.717, 1.165) is 36.2 Å². The molecule has 0 aromatic carbocycles. The van der Waals surface area contributed by atoms with E-state index in [-0.39, 0.29) is 12.5 Å². The van der Waals surface area contributed by atoms with Gasteiger partial charge in [0.2, 0.25) is 15.8 Å². The zero-order valence-corrected chi connectivity index (χ0v) is 14.6. The highest BCUT2D eigenvalue weighted by Crippen LogP contribution is 2.27. The van der Waals surface area contributed by atoms with Crippen molar-refractivity contribution in [2.24, 2.45) is 11.8 Å². The Morgan fingerprint density at radius 1 is 1.17 bits per heavy atom. The van der Waals surface area contributed by atoms with Crippen LogP contribution in [0.2, 0.25) is 0 Å². The second kappa shape index (κ2) is 7.72. The summed E-state index contributed by atoms with van der Waals surface area (Å²) in [5.41, 5.74) is 0. The van der Waals surface area contributed by atoms with Gasteiger partial charge in [0.05, 0.1) is 12.3 Å². The van der Waals surface area contributed by atoms with Crippen LogP contribution >= 0.6 is 0 Å². The molecule has 132 valence electrons. The van der Waals surface area contributed by atoms with Crippen molar-refractivity contribution in [1.82, 2.24) is 9.62 Å². The second-order valence-corrected chi connectivity index (χ2v) is 8.52. The van der Waals surface area contributed by atoms with Gasteiger partial charge in [0.25, 0.3) is 5.91 Å². The third-order valence-corrected chi connectivity index (χ3v) is 5.81. The number of carbonyl (C=O) groups excluding carboxylic acids is 2. The Hall–Kier alpha value is -0.990. The summed E-state index contributed by atoms with van der Waals surface area (Å²) in [5.74, 6) is -0.758. The standard InChI is InChI=1S/C15H26N2O5S/c1-11(14(18)15(19)16-9-12-3-4-12)17(23(2,20)21)10-13-5-7-22-8-6-13/h11-13H,3-10H2,1-2H3,(H,16,19). The van der Waals surface area contributed by atoms with Crippen molar-refractivity contribution in [3.63, 3.8) is 0 Å². The van der Waals surface area contributed by atoms with Gasteiger partial charge in [-0.3, -0.25) is 9.59 Å². The Morgan fingerprint density at radius 2 is 1.78 bits per heavy atom. The molecule has 1 aliphatic heterocycles. The molecule has 1 atom stereocenters. The van der Waals surface area contributed by atoms with Crippen LogP contribution in [-0.2, 0) is 24.3 Å². The number of rotatable bonds is 8. The summed E-state index contributed by atoms with van der Waals surface area (Å²) >= 11 is 0. The third-order valence-electron chi connectivity index (χ3n) is 4.49. The number of Topliss-reactive ketones (excluding diaryl/α,β-unsaturated/α-hetero) is 1. The highest BCUT2D eigenvalue weighted by atomic mass is 32.2. The van der Waals surface area contributed by atoms with Crippen molar-refractivity contribution in [2.75, 3.05) is 32.6 Å². The Labute approximate surface area is 137 Å². The molecule has 2 rings (SSSR count). The smallest absolute Gasteiger partial charge is 0.289 e. The number of ether oxygens (including phenoxy) is 1. The maximum absolute atomic E-state index is 12.3. The lowest BCUT2D eigenvalue weighted by Crippen LogP contribution is -2.50. The third kappa shape index (κ3) is 5.54. The molecule has 1 N–H and O–H groups in total. The zero-order valence-electron chi connectivity index (χ0n) is 13.8. The maximum atomic E-state index is 12.3. The van der Waals surface area contributed by atoms with Crippen LogP contribution in [-0.4, -0.2) is 63.0 Å². The van der Waals surface area contributed by atoms with Crippen molar-refractivity contribution < 1.29 is 22.7 Å². The van der Waals surface area contributed by atoms with Gasteiger partial charge < -0.3 is 10.1 Å². The molecule has 0 aromatic heterocycles. The van der Waals surface area contributed by atoms with Crippen LogP contribution < -0.4 is 5.32 Å². The molecule has 1 unspecified atom stereocenters. The number of carbonyl (C=O) groups is 2. The normalized spacial score (nSPS) is 21.2. The number of hydrogen-bond acceptors (Lipinski definition) is 5. The lowest BCUT2D eigenvalue weighted by Gasteiger charge is -2.31. The van der Waals surface area contributed by atoms with Crippen LogP contribution in [0.15, 0.2) is 0 Å². The largest absolute Gasteiger partial charge is 0.381 e. The molecule has 0 aromatic rings. The SMILES string of the molecule is CC(C(=O)C(=O)NCC1CC1)N(CC1CCOCC1)S(C)(=O)=O. The van der Waals surface area contributed by atoms with Crippen LogP contribution in [0, 0.1) is 11.8 Å². The fraction of sp³-hybridized carbons (Fsp3) is 0.867. The van der Waals surface area contributed by atoms with Gasteiger partial charge in [-0.25, -0.2) is 8.42 Å². The topological polar surface area (TPSA) is 92.8 Å². The molecule has 0 spiro atoms. The van der Waals surface area contributed by atoms with E-state index in [4.69, 9.17) is 4.74 Å². The summed E-state index contributed by atoms with van der Waals surface area (Å²) in [5, 5.41) is 2.61. The number of amides is 1. The first-order valence-corrected chi connectivity index (χ1v) is 10.0. The second-order valence-electron chi connectivity index (χ2n) is 6.58. The molecular formula is C15H26N2O5S. The van der Waals surface area contributed by atoms with Crippen LogP contribution in [0.3, 0.4) is 0 Å². The molecule has 1 saturated carbocycles. The van der Waals surface area contributed by atoms with Gasteiger partial charge in [-0.15, -0.1) is 0 Å². The predicted molar refractivity (Wildman–Crippen MR) is 85.3 cm³/mol. The van der Waals surface area contributed by atoms with Crippen molar-refractivity contribution in [3.8, 4) is 0 Å². The molecular weight excluding hydrogens is 320 g/mol. The van der Waals surface area contributed by atoms with Crippen molar-refractivity contribution in [3.05, 3.63) is 0 Å². The highest BCUT2D eigenvalue weighted by molar-refractivity contribution is 7.88. The van der Waals surface area contributed by atoms with Gasteiger partial charge in [-0.05, 0) is 44.4 Å². The monoisotopic (exact) mass is 346 g/mol. The summed E-state index contributed by atoms with van der Waals surface area (Å²) in [4.78, 5) is 24.2. The minimum Gasteiger partial charge on any atom is -0.381 e. The molecule has 0 bridgehead atoms. The van der Waals surface area contributed by atoms with Gasteiger partial charge in [-0.2, -0.15) is 4.31 Å². The molecule has 7 nitrogen and oxygen atoms in total. The molecule has 1 amide bonds. The summed E-state index contributed by atoms with van der Waals surface area (Å²) in [6.07, 6.45) is 4.76. The van der Waals surface area contributed by atoms with E-state index in [2.05, 4.69) is 5.32 Å². The van der Waals surface area contributed by atoms with Gasteiger partial charge in [-0.1, -0.05) is 0 Å². The van der Waals surface area contributed by atoms with Gasteiger partial charge >= 0.3 is 0 Å². The van der Waals surface area contributed by atoms with Crippen molar-refractivity contribution in [1.29, 1.82) is 0 Å². The van der Waals surface area contributed by atoms with E-state index in [1.54, 1.807) is 0 Å². The van der Waals surface area contributed by atoms with Crippen LogP contribution in [0.4, 0.5) is 0 Å². The number of nitrogens with one attached hydrogen (secondary N) is 1. The summed E-state index contributed by atoms with van der Waals surface area (Å²) in [7, 11) is -3.57. The Kier molecular flexibility index (Phi) is 6.16. The fourth-order valence-corrected chi connectivity index (χ4v) is 3.88. The Morgan fingerprint density at radius 3 is 2.30 bits per heavy atom. The average molecular weight is 346 g/mol. The summed E-state index contributed by atoms with van der Waals surface area (Å²) in [6.45, 7) is 3.44. The van der Waals surface area contributed by atoms with Gasteiger partial charge in [0.15, 0.2) is 0 Å². The van der Waals surface area contributed by atoms with Crippen molar-refractivity contribution in [2.45, 2.75) is 38.6 Å². The summed E-state index contributed by atoms with van der Waals surface area (Å²) < 4.78 is 30.6. The lowest BCUT2D eigenvalue weighted by atomic mass is 10.00. The quantitative estimate of drug-likeness (QED) is 0.632. The molecule has 2 aliphatic rings. The van der Waals surface area contributed by atoms with Gasteiger partial charge in [0, 0.05) is 26.3 Å². The lowest BCUT2D eigenvalue weighted by molar-refractivity contribution is -0.140. The predicted octanol–water partition coefficient (Wildman–Crippen LogP) is 0.158. The van der Waals surface area contributed by atoms with Gasteiger partial charge in [0.1, 0.15) is 0 Å². The molecule has 1 saturated heterocycles. The maximum Gasteiger partial charge on any atom is 0.289 e. The Balaban J connectivity index is 1.98. The first-order valence-electron chi connectivity index (χ1n) is 8.15. The van der Waals surface area contributed by atoms with E-state index in [0.29, 0.717) is 25.7 Å². The molecule has 2 fully saturated rings. The number of hydrogen-bond donors (Lipinski definition) is 1. The van der Waals surface area contributed by atoms with E-state index < -0.39 is 27.8 Å². The van der Waals surface area contributed by atoms with Crippen LogP contribution in [0.1, 0.15) is 32.6 Å². The Bertz CT molecular complexity index is 538. The first-order chi connectivity index (χ1) is 10.8. The summed E-state index contributed by atoms with van der Waals surface area (Å²) in [6, 6.07) is -0.980. The highest BCUT2D eigenvalue weighted by Gasteiger charge is 2.34. The molecule has 23 heavy (non-hydrogen) atoms. The van der Waals surface area contributed by atoms with E-state index >= 15 is 0 Å². The minimum atomic E-state index is -3.57. The van der Waals surface area contributed by atoms with Crippen LogP contribution in [0.25, 0.3) is 0 Å². The zero-order chi connectivity index (χ0) is 17.0. The average Bonchev–Trinajstić information content (AvgIpc) is 3.33. The van der Waals surface area contributed by atoms with E-state index in [9.17, 15) is 18.0 Å². The number of ketones is 1. The minimum absolute atomic E-state index is 0.156. The van der Waals surface area contributed by atoms with E-state index in [1.165, 1.54) is 6.92 Å². The molecule has 0 radical (unpaired) electrons. The molecule has 8 heteroatoms. The number of sulfonamides is 1. The molecule has 1 heterocycles. The van der Waals surface area contributed by atoms with E-state index in [1.807, 2.05) is 0 Å². The molecule has 1 aliphatic carbocycles. The number of nitrogens with zero attached hydrogens (tertiary/aromatic N) is 1. The fourth-order valence-electron chi connectivity index (χ4n) is 2.73.